The molecule has 0 aliphatic heterocycles. The van der Waals surface area contributed by atoms with Crippen molar-refractivity contribution in [3.05, 3.63) is 33.3 Å². The number of nitrogens with zero attached hydrogens (tertiary/aromatic N) is 1. The van der Waals surface area contributed by atoms with E-state index in [-0.39, 0.29) is 16.5 Å². The molecule has 0 aliphatic carbocycles. The minimum Gasteiger partial charge on any atom is -0.340 e. The number of hydrogen-bond donors (Lipinski definition) is 2. The highest BCUT2D eigenvalue weighted by atomic mass is 35.5. The van der Waals surface area contributed by atoms with Crippen LogP contribution in [0.2, 0.25) is 5.02 Å². The highest BCUT2D eigenvalue weighted by Crippen LogP contribution is 2.26. The fourth-order valence-corrected chi connectivity index (χ4v) is 2.81. The van der Waals surface area contributed by atoms with Crippen LogP contribution in [0.15, 0.2) is 23.1 Å². The Labute approximate surface area is 122 Å². The number of hydrogen-bond acceptors (Lipinski definition) is 4. The highest BCUT2D eigenvalue weighted by Gasteiger charge is 2.20. The minimum atomic E-state index is -3.75. The van der Waals surface area contributed by atoms with Crippen LogP contribution in [0.1, 0.15) is 6.42 Å². The first-order chi connectivity index (χ1) is 9.24. The lowest BCUT2D eigenvalue weighted by atomic mass is 10.3. The standard InChI is InChI=1S/C11H16ClN3O4S/c1-14(2)7-3-6-13-20(18,19)9-4-5-10(12)11(8-9)15(16)17/h4-5,8,13H,3,6-7H2,1-2H3/p+1. The quantitative estimate of drug-likeness (QED) is 0.422. The number of nitro benzene ring substituents is 1. The Morgan fingerprint density at radius 2 is 2.05 bits per heavy atom. The van der Waals surface area contributed by atoms with E-state index in [1.165, 1.54) is 17.0 Å². The fraction of sp³-hybridized carbons (Fsp3) is 0.455. The molecule has 0 spiro atoms. The minimum absolute atomic E-state index is 0.0924. The van der Waals surface area contributed by atoms with E-state index in [9.17, 15) is 18.5 Å². The molecule has 1 rings (SSSR count). The third-order valence-electron chi connectivity index (χ3n) is 2.57. The predicted molar refractivity (Wildman–Crippen MR) is 75.6 cm³/mol. The molecule has 1 aromatic rings. The van der Waals surface area contributed by atoms with E-state index < -0.39 is 20.6 Å². The molecule has 0 aromatic heterocycles. The van der Waals surface area contributed by atoms with Gasteiger partial charge >= 0.3 is 0 Å². The second-order valence-corrected chi connectivity index (χ2v) is 6.75. The normalized spacial score (nSPS) is 11.8. The van der Waals surface area contributed by atoms with Gasteiger partial charge in [-0.3, -0.25) is 10.1 Å². The fourth-order valence-electron chi connectivity index (χ4n) is 1.53. The van der Waals surface area contributed by atoms with Crippen LogP contribution in [0.5, 0.6) is 0 Å². The van der Waals surface area contributed by atoms with Crippen LogP contribution in [0.3, 0.4) is 0 Å². The monoisotopic (exact) mass is 322 g/mol. The molecule has 0 radical (unpaired) electrons. The summed E-state index contributed by atoms with van der Waals surface area (Å²) in [4.78, 5) is 11.1. The van der Waals surface area contributed by atoms with Crippen molar-refractivity contribution in [1.29, 1.82) is 0 Å². The third-order valence-corrected chi connectivity index (χ3v) is 4.35. The molecular formula is C11H17ClN3O4S+. The maximum absolute atomic E-state index is 12.0. The van der Waals surface area contributed by atoms with Crippen molar-refractivity contribution in [2.75, 3.05) is 27.2 Å². The Kier molecular flexibility index (Phi) is 5.88. The number of nitro groups is 1. The van der Waals surface area contributed by atoms with E-state index in [0.29, 0.717) is 6.42 Å². The summed E-state index contributed by atoms with van der Waals surface area (Å²) < 4.78 is 26.4. The number of rotatable bonds is 7. The average Bonchev–Trinajstić information content (AvgIpc) is 2.34. The topological polar surface area (TPSA) is 93.8 Å². The Morgan fingerprint density at radius 1 is 1.40 bits per heavy atom. The number of quaternary nitrogens is 1. The molecule has 9 heteroatoms. The lowest BCUT2D eigenvalue weighted by Crippen LogP contribution is -3.05. The van der Waals surface area contributed by atoms with Gasteiger partial charge in [0.15, 0.2) is 0 Å². The first-order valence-electron chi connectivity index (χ1n) is 5.96. The first-order valence-corrected chi connectivity index (χ1v) is 7.83. The Morgan fingerprint density at radius 3 is 2.60 bits per heavy atom. The SMILES string of the molecule is C[NH+](C)CCCNS(=O)(=O)c1ccc(Cl)c([N+](=O)[O-])c1. The van der Waals surface area contributed by atoms with Crippen molar-refractivity contribution in [1.82, 2.24) is 4.72 Å². The van der Waals surface area contributed by atoms with Crippen molar-refractivity contribution in [3.63, 3.8) is 0 Å². The molecule has 0 amide bonds. The van der Waals surface area contributed by atoms with Crippen LogP contribution < -0.4 is 9.62 Å². The summed E-state index contributed by atoms with van der Waals surface area (Å²) in [6.45, 7) is 1.10. The molecule has 7 nitrogen and oxygen atoms in total. The molecule has 112 valence electrons. The summed E-state index contributed by atoms with van der Waals surface area (Å²) in [5.41, 5.74) is -0.424. The van der Waals surface area contributed by atoms with E-state index in [0.717, 1.165) is 12.6 Å². The molecule has 0 unspecified atom stereocenters. The molecular weight excluding hydrogens is 306 g/mol. The van der Waals surface area contributed by atoms with Gasteiger partial charge in [0.2, 0.25) is 10.0 Å². The average molecular weight is 323 g/mol. The second kappa shape index (κ2) is 6.98. The summed E-state index contributed by atoms with van der Waals surface area (Å²) in [5.74, 6) is 0. The van der Waals surface area contributed by atoms with Gasteiger partial charge < -0.3 is 4.90 Å². The zero-order chi connectivity index (χ0) is 15.3. The number of nitrogens with one attached hydrogen (secondary N) is 2. The van der Waals surface area contributed by atoms with Crippen molar-refractivity contribution in [3.8, 4) is 0 Å². The van der Waals surface area contributed by atoms with E-state index in [1.54, 1.807) is 0 Å². The van der Waals surface area contributed by atoms with E-state index >= 15 is 0 Å². The number of sulfonamides is 1. The lowest BCUT2D eigenvalue weighted by molar-refractivity contribution is -0.858. The summed E-state index contributed by atoms with van der Waals surface area (Å²) in [5, 5.41) is 10.6. The van der Waals surface area contributed by atoms with Crippen LogP contribution >= 0.6 is 11.6 Å². The second-order valence-electron chi connectivity index (χ2n) is 4.58. The van der Waals surface area contributed by atoms with Gasteiger partial charge in [-0.2, -0.15) is 0 Å². The van der Waals surface area contributed by atoms with Crippen molar-refractivity contribution in [2.45, 2.75) is 11.3 Å². The number of benzene rings is 1. The van der Waals surface area contributed by atoms with Gasteiger partial charge in [0.1, 0.15) is 5.02 Å². The molecule has 20 heavy (non-hydrogen) atoms. The van der Waals surface area contributed by atoms with Gasteiger partial charge in [-0.25, -0.2) is 13.1 Å². The van der Waals surface area contributed by atoms with E-state index in [2.05, 4.69) is 4.72 Å². The van der Waals surface area contributed by atoms with Crippen LogP contribution in [0.25, 0.3) is 0 Å². The molecule has 0 fully saturated rings. The van der Waals surface area contributed by atoms with Crippen LogP contribution in [0.4, 0.5) is 5.69 Å². The maximum atomic E-state index is 12.0. The van der Waals surface area contributed by atoms with Gasteiger partial charge in [-0.05, 0) is 12.1 Å². The number of halogens is 1. The molecule has 0 aliphatic rings. The molecule has 0 bridgehead atoms. The van der Waals surface area contributed by atoms with Crippen LogP contribution in [-0.2, 0) is 10.0 Å². The summed E-state index contributed by atoms with van der Waals surface area (Å²) >= 11 is 5.64. The predicted octanol–water partition coefficient (Wildman–Crippen LogP) is 0.0611. The van der Waals surface area contributed by atoms with Crippen molar-refractivity contribution < 1.29 is 18.2 Å². The Bertz CT molecular complexity index is 589. The zero-order valence-electron chi connectivity index (χ0n) is 11.2. The first kappa shape index (κ1) is 16.8. The molecule has 0 saturated heterocycles. The van der Waals surface area contributed by atoms with Gasteiger partial charge in [0.05, 0.1) is 30.5 Å². The largest absolute Gasteiger partial charge is 0.340 e. The van der Waals surface area contributed by atoms with Gasteiger partial charge in [-0.1, -0.05) is 11.6 Å². The third kappa shape index (κ3) is 4.71. The molecule has 1 aromatic carbocycles. The summed E-state index contributed by atoms with van der Waals surface area (Å²) in [7, 11) is 0.185. The Hall–Kier alpha value is -1.22. The van der Waals surface area contributed by atoms with Crippen LogP contribution in [0, 0.1) is 10.1 Å². The molecule has 2 N–H and O–H groups in total. The van der Waals surface area contributed by atoms with Crippen molar-refractivity contribution in [2.24, 2.45) is 0 Å². The van der Waals surface area contributed by atoms with E-state index in [1.807, 2.05) is 14.1 Å². The molecule has 0 heterocycles. The van der Waals surface area contributed by atoms with Gasteiger partial charge in [0, 0.05) is 19.0 Å². The highest BCUT2D eigenvalue weighted by molar-refractivity contribution is 7.89. The molecule has 0 atom stereocenters. The van der Waals surface area contributed by atoms with Gasteiger partial charge in [-0.15, -0.1) is 0 Å². The van der Waals surface area contributed by atoms with Gasteiger partial charge in [0.25, 0.3) is 5.69 Å². The summed E-state index contributed by atoms with van der Waals surface area (Å²) in [6, 6.07) is 3.41. The smallest absolute Gasteiger partial charge is 0.289 e. The zero-order valence-corrected chi connectivity index (χ0v) is 12.8. The van der Waals surface area contributed by atoms with E-state index in [4.69, 9.17) is 11.6 Å². The maximum Gasteiger partial charge on any atom is 0.289 e. The molecule has 0 saturated carbocycles. The van der Waals surface area contributed by atoms with Crippen molar-refractivity contribution >= 4 is 27.3 Å². The summed E-state index contributed by atoms with van der Waals surface area (Å²) in [6.07, 6.45) is 0.678. The van der Waals surface area contributed by atoms with Crippen LogP contribution in [-0.4, -0.2) is 40.5 Å². The lowest BCUT2D eigenvalue weighted by Gasteiger charge is -2.09. The Balaban J connectivity index is 2.82.